The molecule has 126 valence electrons. The zero-order valence-electron chi connectivity index (χ0n) is 14.5. The summed E-state index contributed by atoms with van der Waals surface area (Å²) in [4.78, 5) is 19.6. The summed E-state index contributed by atoms with van der Waals surface area (Å²) in [5, 5.41) is 9.64. The van der Waals surface area contributed by atoms with Crippen LogP contribution in [0.1, 0.15) is 35.3 Å². The number of amidine groups is 1. The number of aliphatic imine (C=N–C) groups is 1. The summed E-state index contributed by atoms with van der Waals surface area (Å²) < 4.78 is 0. The number of benzene rings is 2. The Bertz CT molecular complexity index is 879. The van der Waals surface area contributed by atoms with Gasteiger partial charge >= 0.3 is 0 Å². The van der Waals surface area contributed by atoms with Crippen molar-refractivity contribution in [2.45, 2.75) is 26.3 Å². The van der Waals surface area contributed by atoms with Gasteiger partial charge in [0.25, 0.3) is 5.91 Å². The molecule has 1 amide bonds. The smallest absolute Gasteiger partial charge is 0.260 e. The van der Waals surface area contributed by atoms with E-state index >= 15 is 0 Å². The maximum Gasteiger partial charge on any atom is 0.260 e. The Morgan fingerprint density at radius 3 is 2.52 bits per heavy atom. The highest BCUT2D eigenvalue weighted by Crippen LogP contribution is 2.36. The first-order chi connectivity index (χ1) is 11.9. The van der Waals surface area contributed by atoms with E-state index in [2.05, 4.69) is 6.07 Å². The quantitative estimate of drug-likeness (QED) is 0.801. The fourth-order valence-corrected chi connectivity index (χ4v) is 3.92. The van der Waals surface area contributed by atoms with Crippen molar-refractivity contribution >= 4 is 28.5 Å². The Labute approximate surface area is 152 Å². The summed E-state index contributed by atoms with van der Waals surface area (Å²) in [5.74, 6) is 0.700. The normalized spacial score (nSPS) is 17.5. The van der Waals surface area contributed by atoms with Crippen LogP contribution in [-0.4, -0.2) is 27.3 Å². The summed E-state index contributed by atoms with van der Waals surface area (Å²) >= 11 is 1.59. The van der Waals surface area contributed by atoms with Gasteiger partial charge in [-0.25, -0.2) is 4.99 Å². The van der Waals surface area contributed by atoms with E-state index in [0.29, 0.717) is 16.3 Å². The monoisotopic (exact) mass is 349 g/mol. The van der Waals surface area contributed by atoms with E-state index in [1.165, 1.54) is 0 Å². The number of rotatable bonds is 2. The molecule has 3 rings (SSSR count). The molecule has 0 spiro atoms. The lowest BCUT2D eigenvalue weighted by Crippen LogP contribution is -2.46. The van der Waals surface area contributed by atoms with Crippen molar-refractivity contribution in [3.8, 4) is 6.07 Å². The molecular formula is C20H19N3OS. The summed E-state index contributed by atoms with van der Waals surface area (Å²) in [6, 6.07) is 16.7. The molecule has 0 aliphatic carbocycles. The number of carbonyl (C=O) groups is 1. The van der Waals surface area contributed by atoms with Gasteiger partial charge in [0.05, 0.1) is 22.9 Å². The fourth-order valence-electron chi connectivity index (χ4n) is 2.68. The molecule has 0 unspecified atom stereocenters. The predicted molar refractivity (Wildman–Crippen MR) is 102 cm³/mol. The lowest BCUT2D eigenvalue weighted by atomic mass is 10.0. The Hall–Kier alpha value is -2.58. The molecule has 1 fully saturated rings. The second-order valence-corrected chi connectivity index (χ2v) is 7.55. The highest BCUT2D eigenvalue weighted by molar-refractivity contribution is 8.14. The first kappa shape index (κ1) is 17.2. The van der Waals surface area contributed by atoms with Crippen molar-refractivity contribution < 1.29 is 4.79 Å². The fraction of sp³-hybridized carbons (Fsp3) is 0.250. The average molecular weight is 349 g/mol. The molecule has 0 bridgehead atoms. The molecular weight excluding hydrogens is 330 g/mol. The maximum atomic E-state index is 13.1. The van der Waals surface area contributed by atoms with E-state index in [4.69, 9.17) is 10.3 Å². The van der Waals surface area contributed by atoms with Crippen molar-refractivity contribution in [3.63, 3.8) is 0 Å². The third-order valence-corrected chi connectivity index (χ3v) is 5.53. The number of nitriles is 1. The van der Waals surface area contributed by atoms with Crippen LogP contribution in [0.15, 0.2) is 53.5 Å². The molecule has 0 saturated carbocycles. The van der Waals surface area contributed by atoms with Crippen molar-refractivity contribution in [2.24, 2.45) is 4.99 Å². The van der Waals surface area contributed by atoms with E-state index < -0.39 is 0 Å². The topological polar surface area (TPSA) is 56.5 Å². The lowest BCUT2D eigenvalue weighted by Gasteiger charge is -2.30. The van der Waals surface area contributed by atoms with Crippen LogP contribution in [0, 0.1) is 18.3 Å². The van der Waals surface area contributed by atoms with Gasteiger partial charge in [0.2, 0.25) is 0 Å². The largest absolute Gasteiger partial charge is 0.281 e. The van der Waals surface area contributed by atoms with Gasteiger partial charge in [0.15, 0.2) is 5.17 Å². The van der Waals surface area contributed by atoms with Gasteiger partial charge in [-0.15, -0.1) is 0 Å². The summed E-state index contributed by atoms with van der Waals surface area (Å²) in [5.41, 5.74) is 2.73. The molecule has 4 nitrogen and oxygen atoms in total. The number of thioether (sulfide) groups is 1. The van der Waals surface area contributed by atoms with Crippen LogP contribution < -0.4 is 0 Å². The lowest BCUT2D eigenvalue weighted by molar-refractivity contribution is 0.0767. The molecule has 5 heteroatoms. The minimum atomic E-state index is -0.322. The molecule has 1 heterocycles. The minimum Gasteiger partial charge on any atom is -0.281 e. The Morgan fingerprint density at radius 2 is 1.88 bits per heavy atom. The standard InChI is InChI=1S/C20H19N3OS/c1-14-6-4-5-7-17(14)22-19-23(20(2,3)13-25-19)18(24)16-10-8-15(12-21)9-11-16/h4-11H,13H2,1-3H3. The average Bonchev–Trinajstić information content (AvgIpc) is 2.91. The molecule has 0 aromatic heterocycles. The SMILES string of the molecule is Cc1ccccc1N=C1SCC(C)(C)N1C(=O)c1ccc(C#N)cc1. The molecule has 1 aliphatic rings. The molecule has 0 atom stereocenters. The summed E-state index contributed by atoms with van der Waals surface area (Å²) in [6.07, 6.45) is 0. The van der Waals surface area contributed by atoms with Gasteiger partial charge < -0.3 is 0 Å². The Kier molecular flexibility index (Phi) is 4.65. The van der Waals surface area contributed by atoms with Gasteiger partial charge in [0, 0.05) is 11.3 Å². The van der Waals surface area contributed by atoms with E-state index in [1.54, 1.807) is 40.9 Å². The van der Waals surface area contributed by atoms with Gasteiger partial charge in [0.1, 0.15) is 0 Å². The molecule has 0 radical (unpaired) electrons. The zero-order valence-corrected chi connectivity index (χ0v) is 15.3. The zero-order chi connectivity index (χ0) is 18.0. The number of carbonyl (C=O) groups excluding carboxylic acids is 1. The number of aryl methyl sites for hydroxylation is 1. The first-order valence-corrected chi connectivity index (χ1v) is 9.03. The van der Waals surface area contributed by atoms with Gasteiger partial charge in [-0.1, -0.05) is 30.0 Å². The highest BCUT2D eigenvalue weighted by atomic mass is 32.2. The molecule has 1 aliphatic heterocycles. The van der Waals surface area contributed by atoms with Crippen LogP contribution in [0.2, 0.25) is 0 Å². The van der Waals surface area contributed by atoms with Crippen molar-refractivity contribution in [1.29, 1.82) is 5.26 Å². The van der Waals surface area contributed by atoms with Gasteiger partial charge in [-0.3, -0.25) is 9.69 Å². The van der Waals surface area contributed by atoms with Crippen LogP contribution in [0.3, 0.4) is 0 Å². The number of amides is 1. The first-order valence-electron chi connectivity index (χ1n) is 8.04. The predicted octanol–water partition coefficient (Wildman–Crippen LogP) is 4.52. The third-order valence-electron chi connectivity index (χ3n) is 4.15. The van der Waals surface area contributed by atoms with E-state index in [9.17, 15) is 4.79 Å². The third kappa shape index (κ3) is 3.45. The summed E-state index contributed by atoms with van der Waals surface area (Å²) in [6.45, 7) is 6.10. The van der Waals surface area contributed by atoms with Crippen LogP contribution in [0.4, 0.5) is 5.69 Å². The van der Waals surface area contributed by atoms with E-state index in [1.807, 2.05) is 45.0 Å². The Morgan fingerprint density at radius 1 is 1.20 bits per heavy atom. The van der Waals surface area contributed by atoms with E-state index in [-0.39, 0.29) is 11.4 Å². The van der Waals surface area contributed by atoms with E-state index in [0.717, 1.165) is 17.0 Å². The summed E-state index contributed by atoms with van der Waals surface area (Å²) in [7, 11) is 0. The van der Waals surface area contributed by atoms with Crippen LogP contribution in [0.25, 0.3) is 0 Å². The van der Waals surface area contributed by atoms with Crippen molar-refractivity contribution in [3.05, 3.63) is 65.2 Å². The second-order valence-electron chi connectivity index (χ2n) is 6.61. The minimum absolute atomic E-state index is 0.0909. The van der Waals surface area contributed by atoms with Gasteiger partial charge in [-0.2, -0.15) is 5.26 Å². The maximum absolute atomic E-state index is 13.1. The Balaban J connectivity index is 1.99. The molecule has 1 saturated heterocycles. The van der Waals surface area contributed by atoms with Crippen molar-refractivity contribution in [1.82, 2.24) is 4.90 Å². The number of nitrogens with zero attached hydrogens (tertiary/aromatic N) is 3. The van der Waals surface area contributed by atoms with Crippen molar-refractivity contribution in [2.75, 3.05) is 5.75 Å². The van der Waals surface area contributed by atoms with Crippen LogP contribution in [0.5, 0.6) is 0 Å². The number of hydrogen-bond acceptors (Lipinski definition) is 4. The number of para-hydroxylation sites is 1. The van der Waals surface area contributed by atoms with Crippen LogP contribution in [-0.2, 0) is 0 Å². The van der Waals surface area contributed by atoms with Crippen LogP contribution >= 0.6 is 11.8 Å². The highest BCUT2D eigenvalue weighted by Gasteiger charge is 2.41. The molecule has 25 heavy (non-hydrogen) atoms. The second kappa shape index (κ2) is 6.73. The van der Waals surface area contributed by atoms with Gasteiger partial charge in [-0.05, 0) is 56.7 Å². The molecule has 2 aromatic rings. The molecule has 2 aromatic carbocycles. The molecule has 0 N–H and O–H groups in total. The number of hydrogen-bond donors (Lipinski definition) is 0.